The summed E-state index contributed by atoms with van der Waals surface area (Å²) in [6.45, 7) is -0.585. The van der Waals surface area contributed by atoms with Gasteiger partial charge in [0.25, 0.3) is 6.43 Å². The van der Waals surface area contributed by atoms with Crippen LogP contribution in [0.1, 0.15) is 42.1 Å². The van der Waals surface area contributed by atoms with Gasteiger partial charge in [-0.1, -0.05) is 12.1 Å². The van der Waals surface area contributed by atoms with Crippen LogP contribution in [0.2, 0.25) is 0 Å². The van der Waals surface area contributed by atoms with Gasteiger partial charge in [-0.2, -0.15) is 18.3 Å². The third-order valence-electron chi connectivity index (χ3n) is 3.85. The van der Waals surface area contributed by atoms with Gasteiger partial charge in [0.05, 0.1) is 16.9 Å². The van der Waals surface area contributed by atoms with Gasteiger partial charge in [0.1, 0.15) is 12.2 Å². The van der Waals surface area contributed by atoms with E-state index >= 15 is 0 Å². The van der Waals surface area contributed by atoms with E-state index in [0.717, 1.165) is 29.7 Å². The molecule has 1 N–H and O–H groups in total. The number of nitrogens with one attached hydrogen (secondary N) is 1. The number of carbonyl (C=O) groups excluding carboxylic acids is 1. The fraction of sp³-hybridized carbons (Fsp3) is 0.375. The SMILES string of the molecule is O=C(Cn1nc(C2CC2)cc1C(F)F)Nc1ccccc1C(F)(F)F. The van der Waals surface area contributed by atoms with Gasteiger partial charge in [0.15, 0.2) is 0 Å². The number of carbonyl (C=O) groups is 1. The van der Waals surface area contributed by atoms with Crippen molar-refractivity contribution in [2.75, 3.05) is 5.32 Å². The first kappa shape index (κ1) is 17.4. The van der Waals surface area contributed by atoms with E-state index in [9.17, 15) is 26.7 Å². The lowest BCUT2D eigenvalue weighted by molar-refractivity contribution is -0.137. The highest BCUT2D eigenvalue weighted by atomic mass is 19.4. The Morgan fingerprint density at radius 3 is 2.56 bits per heavy atom. The zero-order valence-corrected chi connectivity index (χ0v) is 12.9. The van der Waals surface area contributed by atoms with Gasteiger partial charge in [0.2, 0.25) is 5.91 Å². The molecule has 1 aromatic heterocycles. The molecule has 134 valence electrons. The molecule has 1 aromatic carbocycles. The van der Waals surface area contributed by atoms with Gasteiger partial charge in [-0.3, -0.25) is 9.48 Å². The van der Waals surface area contributed by atoms with Crippen LogP contribution >= 0.6 is 0 Å². The summed E-state index contributed by atoms with van der Waals surface area (Å²) in [6.07, 6.45) is -5.76. The monoisotopic (exact) mass is 359 g/mol. The number of hydrogen-bond acceptors (Lipinski definition) is 2. The predicted octanol–water partition coefficient (Wildman–Crippen LogP) is 4.36. The van der Waals surface area contributed by atoms with Crippen LogP contribution < -0.4 is 5.32 Å². The summed E-state index contributed by atoms with van der Waals surface area (Å²) in [5, 5.41) is 6.12. The van der Waals surface area contributed by atoms with Gasteiger partial charge in [0, 0.05) is 5.92 Å². The summed E-state index contributed by atoms with van der Waals surface area (Å²) < 4.78 is 65.8. The molecule has 1 fully saturated rings. The average Bonchev–Trinajstić information content (AvgIpc) is 3.28. The largest absolute Gasteiger partial charge is 0.418 e. The van der Waals surface area contributed by atoms with Gasteiger partial charge in [-0.15, -0.1) is 0 Å². The van der Waals surface area contributed by atoms with Crippen molar-refractivity contribution in [3.63, 3.8) is 0 Å². The van der Waals surface area contributed by atoms with E-state index in [1.165, 1.54) is 18.2 Å². The summed E-state index contributed by atoms with van der Waals surface area (Å²) in [6, 6.07) is 5.73. The van der Waals surface area contributed by atoms with Crippen molar-refractivity contribution in [2.45, 2.75) is 37.9 Å². The molecule has 2 aromatic rings. The fourth-order valence-electron chi connectivity index (χ4n) is 2.50. The van der Waals surface area contributed by atoms with Crippen LogP contribution in [0.15, 0.2) is 30.3 Å². The molecule has 1 saturated carbocycles. The molecule has 0 radical (unpaired) electrons. The molecule has 0 spiro atoms. The molecule has 1 heterocycles. The average molecular weight is 359 g/mol. The van der Waals surface area contributed by atoms with Gasteiger partial charge in [-0.05, 0) is 31.0 Å². The zero-order chi connectivity index (χ0) is 18.2. The Labute approximate surface area is 139 Å². The number of nitrogens with zero attached hydrogens (tertiary/aromatic N) is 2. The molecule has 1 amide bonds. The molecular formula is C16H14F5N3O. The van der Waals surface area contributed by atoms with Crippen LogP contribution in [-0.2, 0) is 17.5 Å². The third-order valence-corrected chi connectivity index (χ3v) is 3.85. The smallest absolute Gasteiger partial charge is 0.324 e. The minimum atomic E-state index is -4.64. The van der Waals surface area contributed by atoms with E-state index in [2.05, 4.69) is 10.4 Å². The van der Waals surface area contributed by atoms with E-state index in [1.807, 2.05) is 0 Å². The summed E-state index contributed by atoms with van der Waals surface area (Å²) in [5.74, 6) is -0.739. The van der Waals surface area contributed by atoms with E-state index in [-0.39, 0.29) is 5.92 Å². The number of benzene rings is 1. The molecule has 0 aliphatic heterocycles. The van der Waals surface area contributed by atoms with E-state index in [1.54, 1.807) is 0 Å². The first-order valence-corrected chi connectivity index (χ1v) is 7.57. The van der Waals surface area contributed by atoms with Gasteiger partial charge >= 0.3 is 6.18 Å². The molecule has 1 aliphatic rings. The Morgan fingerprint density at radius 1 is 1.28 bits per heavy atom. The first-order chi connectivity index (χ1) is 11.8. The van der Waals surface area contributed by atoms with Crippen LogP contribution in [-0.4, -0.2) is 15.7 Å². The number of para-hydroxylation sites is 1. The number of halogens is 5. The molecule has 3 rings (SSSR count). The van der Waals surface area contributed by atoms with Crippen LogP contribution in [0.3, 0.4) is 0 Å². The normalized spacial score (nSPS) is 14.8. The Morgan fingerprint density at radius 2 is 1.96 bits per heavy atom. The number of aromatic nitrogens is 2. The summed E-state index contributed by atoms with van der Waals surface area (Å²) in [7, 11) is 0. The van der Waals surface area contributed by atoms with E-state index in [4.69, 9.17) is 0 Å². The maximum atomic E-state index is 13.1. The minimum absolute atomic E-state index is 0.118. The maximum Gasteiger partial charge on any atom is 0.418 e. The van der Waals surface area contributed by atoms with Crippen LogP contribution in [0.25, 0.3) is 0 Å². The number of alkyl halides is 5. The highest BCUT2D eigenvalue weighted by Crippen LogP contribution is 2.40. The molecule has 9 heteroatoms. The van der Waals surface area contributed by atoms with Gasteiger partial charge < -0.3 is 5.32 Å². The number of hydrogen-bond donors (Lipinski definition) is 1. The lowest BCUT2D eigenvalue weighted by Crippen LogP contribution is -2.23. The predicted molar refractivity (Wildman–Crippen MR) is 79.2 cm³/mol. The minimum Gasteiger partial charge on any atom is -0.324 e. The van der Waals surface area contributed by atoms with Gasteiger partial charge in [-0.25, -0.2) is 8.78 Å². The number of amides is 1. The van der Waals surface area contributed by atoms with Crippen molar-refractivity contribution in [2.24, 2.45) is 0 Å². The quantitative estimate of drug-likeness (QED) is 0.807. The lowest BCUT2D eigenvalue weighted by atomic mass is 10.1. The van der Waals surface area contributed by atoms with Crippen molar-refractivity contribution in [1.82, 2.24) is 9.78 Å². The molecule has 4 nitrogen and oxygen atoms in total. The van der Waals surface area contributed by atoms with Crippen LogP contribution in [0.5, 0.6) is 0 Å². The van der Waals surface area contributed by atoms with E-state index in [0.29, 0.717) is 5.69 Å². The molecule has 0 saturated heterocycles. The summed E-state index contributed by atoms with van der Waals surface area (Å²) in [4.78, 5) is 12.0. The Bertz CT molecular complexity index is 780. The third kappa shape index (κ3) is 3.97. The molecule has 0 atom stereocenters. The Balaban J connectivity index is 1.78. The Hall–Kier alpha value is -2.45. The fourth-order valence-corrected chi connectivity index (χ4v) is 2.50. The topological polar surface area (TPSA) is 46.9 Å². The standard InChI is InChI=1S/C16H14F5N3O/c17-15(18)13-7-12(9-5-6-9)23-24(13)8-14(25)22-11-4-2-1-3-10(11)16(19,20)21/h1-4,7,9,15H,5-6,8H2,(H,22,25). The molecular weight excluding hydrogens is 345 g/mol. The second-order valence-corrected chi connectivity index (χ2v) is 5.82. The summed E-state index contributed by atoms with van der Waals surface area (Å²) in [5.41, 5.74) is -1.36. The molecule has 25 heavy (non-hydrogen) atoms. The second-order valence-electron chi connectivity index (χ2n) is 5.82. The van der Waals surface area contributed by atoms with Crippen LogP contribution in [0, 0.1) is 0 Å². The maximum absolute atomic E-state index is 13.1. The molecule has 0 bridgehead atoms. The Kier molecular flexibility index (Phi) is 4.49. The van der Waals surface area contributed by atoms with E-state index < -0.39 is 42.0 Å². The molecule has 0 unspecified atom stereocenters. The molecule has 1 aliphatic carbocycles. The van der Waals surface area contributed by atoms with Crippen molar-refractivity contribution in [1.29, 1.82) is 0 Å². The summed E-state index contributed by atoms with van der Waals surface area (Å²) >= 11 is 0. The number of rotatable bonds is 5. The lowest BCUT2D eigenvalue weighted by Gasteiger charge is -2.14. The van der Waals surface area contributed by atoms with Crippen LogP contribution in [0.4, 0.5) is 27.6 Å². The highest BCUT2D eigenvalue weighted by Gasteiger charge is 2.34. The van der Waals surface area contributed by atoms with Crippen molar-refractivity contribution < 1.29 is 26.7 Å². The zero-order valence-electron chi connectivity index (χ0n) is 12.9. The second kappa shape index (κ2) is 6.45. The number of anilines is 1. The van der Waals surface area contributed by atoms with Crippen molar-refractivity contribution in [3.8, 4) is 0 Å². The first-order valence-electron chi connectivity index (χ1n) is 7.57. The van der Waals surface area contributed by atoms with Crippen molar-refractivity contribution in [3.05, 3.63) is 47.3 Å². The van der Waals surface area contributed by atoms with Crippen molar-refractivity contribution >= 4 is 11.6 Å². The highest BCUT2D eigenvalue weighted by molar-refractivity contribution is 5.91.